The van der Waals surface area contributed by atoms with Crippen LogP contribution in [0.2, 0.25) is 0 Å². The molecule has 0 aliphatic heterocycles. The summed E-state index contributed by atoms with van der Waals surface area (Å²) in [6, 6.07) is 0. The van der Waals surface area contributed by atoms with Gasteiger partial charge in [0.25, 0.3) is 0 Å². The molecule has 0 saturated carbocycles. The van der Waals surface area contributed by atoms with Gasteiger partial charge in [0.15, 0.2) is 0 Å². The molecular weight excluding hydrogens is 138 g/mol. The van der Waals surface area contributed by atoms with Crippen LogP contribution in [-0.4, -0.2) is 5.97 Å². The molecule has 0 unspecified atom stereocenters. The molecular formula is C2H3CoNaO2. The van der Waals surface area contributed by atoms with Gasteiger partial charge in [-0.15, -0.1) is 0 Å². The molecule has 0 rings (SSSR count). The van der Waals surface area contributed by atoms with Crippen LogP contribution in [0.25, 0.3) is 0 Å². The van der Waals surface area contributed by atoms with Crippen LogP contribution in [0, 0.1) is 0 Å². The molecule has 2 nitrogen and oxygen atoms in total. The third-order valence-corrected chi connectivity index (χ3v) is 0. The summed E-state index contributed by atoms with van der Waals surface area (Å²) in [5.74, 6) is -1.08. The Kier molecular flexibility index (Phi) is 24.6. The number of rotatable bonds is 0. The maximum Gasteiger partial charge on any atom is 1.00 e. The van der Waals surface area contributed by atoms with Crippen LogP contribution in [-0.2, 0) is 21.6 Å². The van der Waals surface area contributed by atoms with E-state index in [1.54, 1.807) is 0 Å². The molecule has 0 atom stereocenters. The largest absolute Gasteiger partial charge is 1.00 e. The molecule has 0 aromatic carbocycles. The summed E-state index contributed by atoms with van der Waals surface area (Å²) in [5.41, 5.74) is 0. The molecule has 0 heterocycles. The van der Waals surface area contributed by atoms with Gasteiger partial charge in [-0.2, -0.15) is 0 Å². The fourth-order valence-electron chi connectivity index (χ4n) is 0. The van der Waals surface area contributed by atoms with Crippen molar-refractivity contribution in [2.24, 2.45) is 0 Å². The minimum atomic E-state index is -1.08. The van der Waals surface area contributed by atoms with Crippen LogP contribution >= 0.6 is 0 Å². The van der Waals surface area contributed by atoms with Gasteiger partial charge in [0, 0.05) is 22.7 Å². The van der Waals surface area contributed by atoms with E-state index in [1.165, 1.54) is 0 Å². The van der Waals surface area contributed by atoms with Crippen molar-refractivity contribution < 1.29 is 56.2 Å². The number of carbonyl (C=O) groups is 1. The van der Waals surface area contributed by atoms with Gasteiger partial charge in [0.2, 0.25) is 0 Å². The van der Waals surface area contributed by atoms with Crippen LogP contribution in [0.1, 0.15) is 6.92 Å². The van der Waals surface area contributed by atoms with Gasteiger partial charge in [0.05, 0.1) is 0 Å². The zero-order chi connectivity index (χ0) is 3.58. The van der Waals surface area contributed by atoms with Crippen molar-refractivity contribution >= 4 is 5.97 Å². The van der Waals surface area contributed by atoms with E-state index in [9.17, 15) is 0 Å². The Bertz CT molecular complexity index is 34.5. The third kappa shape index (κ3) is 82.5. The monoisotopic (exact) mass is 141 g/mol. The van der Waals surface area contributed by atoms with Crippen molar-refractivity contribution in [3.8, 4) is 0 Å². The quantitative estimate of drug-likeness (QED) is 0.320. The van der Waals surface area contributed by atoms with Crippen molar-refractivity contribution in [3.63, 3.8) is 0 Å². The van der Waals surface area contributed by atoms with Crippen LogP contribution in [0.3, 0.4) is 0 Å². The Morgan fingerprint density at radius 2 is 1.67 bits per heavy atom. The second-order valence-corrected chi connectivity index (χ2v) is 0.492. The van der Waals surface area contributed by atoms with Crippen molar-refractivity contribution in [2.75, 3.05) is 0 Å². The first kappa shape index (κ1) is 15.8. The van der Waals surface area contributed by atoms with Crippen LogP contribution in [0.15, 0.2) is 0 Å². The summed E-state index contributed by atoms with van der Waals surface area (Å²) in [6.07, 6.45) is 0. The molecule has 0 amide bonds. The molecule has 0 aromatic rings. The zero-order valence-corrected chi connectivity index (χ0v) is 6.69. The summed E-state index contributed by atoms with van der Waals surface area (Å²) in [6.45, 7) is 0.972. The van der Waals surface area contributed by atoms with Crippen molar-refractivity contribution in [1.29, 1.82) is 0 Å². The molecule has 0 saturated heterocycles. The standard InChI is InChI=1S/C2H4O2.Co.Na/c1-2(3)4;;/h1H3,(H,3,4);;/q;;+1/p-1. The van der Waals surface area contributed by atoms with Gasteiger partial charge in [-0.3, -0.25) is 0 Å². The Morgan fingerprint density at radius 1 is 1.67 bits per heavy atom. The van der Waals surface area contributed by atoms with Gasteiger partial charge < -0.3 is 9.90 Å². The maximum atomic E-state index is 8.89. The molecule has 4 heteroatoms. The summed E-state index contributed by atoms with van der Waals surface area (Å²) in [7, 11) is 0. The Labute approximate surface area is 68.8 Å². The second-order valence-electron chi connectivity index (χ2n) is 0.492. The average Bonchev–Trinajstić information content (AvgIpc) is 0.811. The zero-order valence-electron chi connectivity index (χ0n) is 3.65. The smallest absolute Gasteiger partial charge is 0.550 e. The number of hydrogen-bond acceptors (Lipinski definition) is 2. The number of carboxylic acid groups (broad SMARTS) is 1. The van der Waals surface area contributed by atoms with Crippen LogP contribution < -0.4 is 34.7 Å². The summed E-state index contributed by atoms with van der Waals surface area (Å²) >= 11 is 0. The molecule has 0 bridgehead atoms. The minimum Gasteiger partial charge on any atom is -0.550 e. The van der Waals surface area contributed by atoms with Crippen molar-refractivity contribution in [3.05, 3.63) is 0 Å². The number of aliphatic carboxylic acids is 1. The number of hydrogen-bond donors (Lipinski definition) is 0. The van der Waals surface area contributed by atoms with Gasteiger partial charge in [-0.05, 0) is 6.92 Å². The van der Waals surface area contributed by atoms with Gasteiger partial charge in [-0.1, -0.05) is 0 Å². The fraction of sp³-hybridized carbons (Fsp3) is 0.500. The van der Waals surface area contributed by atoms with Crippen molar-refractivity contribution in [1.82, 2.24) is 0 Å². The topological polar surface area (TPSA) is 40.1 Å². The predicted molar refractivity (Wildman–Crippen MR) is 10.7 cm³/mol. The second kappa shape index (κ2) is 9.36. The fourth-order valence-corrected chi connectivity index (χ4v) is 0. The number of carboxylic acids is 1. The maximum absolute atomic E-state index is 8.89. The molecule has 0 spiro atoms. The summed E-state index contributed by atoms with van der Waals surface area (Å²) in [4.78, 5) is 8.89. The number of carbonyl (C=O) groups excluding carboxylic acids is 1. The molecule has 0 fully saturated rings. The predicted octanol–water partition coefficient (Wildman–Crippen LogP) is -4.24. The molecule has 6 heavy (non-hydrogen) atoms. The normalized spacial score (nSPS) is 4.17. The molecule has 0 aromatic heterocycles. The molecule has 1 radical (unpaired) electrons. The first-order valence-corrected chi connectivity index (χ1v) is 0.908. The van der Waals surface area contributed by atoms with E-state index in [0.717, 1.165) is 6.92 Å². The molecule has 0 aliphatic rings. The van der Waals surface area contributed by atoms with Gasteiger partial charge in [0.1, 0.15) is 0 Å². The van der Waals surface area contributed by atoms with E-state index in [-0.39, 0.29) is 46.3 Å². The molecule has 33 valence electrons. The SMILES string of the molecule is CC(=O)[O-].[Co].[Na+]. The van der Waals surface area contributed by atoms with E-state index >= 15 is 0 Å². The Morgan fingerprint density at radius 3 is 1.67 bits per heavy atom. The average molecular weight is 141 g/mol. The van der Waals surface area contributed by atoms with Crippen LogP contribution in [0.5, 0.6) is 0 Å². The summed E-state index contributed by atoms with van der Waals surface area (Å²) in [5, 5.41) is 8.89. The van der Waals surface area contributed by atoms with E-state index in [2.05, 4.69) is 0 Å². The molecule has 0 N–H and O–H groups in total. The Hall–Kier alpha value is 0.976. The van der Waals surface area contributed by atoms with Gasteiger partial charge in [-0.25, -0.2) is 0 Å². The van der Waals surface area contributed by atoms with E-state index < -0.39 is 5.97 Å². The van der Waals surface area contributed by atoms with Crippen LogP contribution in [0.4, 0.5) is 0 Å². The summed E-state index contributed by atoms with van der Waals surface area (Å²) < 4.78 is 0. The van der Waals surface area contributed by atoms with Crippen molar-refractivity contribution in [2.45, 2.75) is 6.92 Å². The third-order valence-electron chi connectivity index (χ3n) is 0. The first-order valence-electron chi connectivity index (χ1n) is 0.908. The van der Waals surface area contributed by atoms with E-state index in [1.807, 2.05) is 0 Å². The first-order chi connectivity index (χ1) is 1.73. The minimum absolute atomic E-state index is 0. The Balaban J connectivity index is -0.0000000450. The van der Waals surface area contributed by atoms with E-state index in [0.29, 0.717) is 0 Å². The van der Waals surface area contributed by atoms with E-state index in [4.69, 9.17) is 9.90 Å². The van der Waals surface area contributed by atoms with Gasteiger partial charge >= 0.3 is 29.6 Å². The molecule has 0 aliphatic carbocycles.